The number of hydrogen-bond acceptors (Lipinski definition) is 2. The molecule has 2 aliphatic rings. The van der Waals surface area contributed by atoms with Crippen LogP contribution in [0.25, 0.3) is 0 Å². The molecule has 1 aromatic rings. The van der Waals surface area contributed by atoms with Crippen LogP contribution in [0.2, 0.25) is 0 Å². The molecule has 0 aromatic heterocycles. The van der Waals surface area contributed by atoms with Crippen molar-refractivity contribution in [2.75, 3.05) is 13.2 Å². The van der Waals surface area contributed by atoms with Gasteiger partial charge in [0.15, 0.2) is 6.29 Å². The molecule has 21 heavy (non-hydrogen) atoms. The third-order valence-electron chi connectivity index (χ3n) is 5.12. The predicted molar refractivity (Wildman–Crippen MR) is 85.4 cm³/mol. The largest absolute Gasteiger partial charge is 0.346 e. The molecule has 2 heteroatoms. The van der Waals surface area contributed by atoms with Crippen LogP contribution in [0.15, 0.2) is 18.2 Å². The van der Waals surface area contributed by atoms with Crippen molar-refractivity contribution in [3.63, 3.8) is 0 Å². The van der Waals surface area contributed by atoms with Crippen LogP contribution in [-0.2, 0) is 9.47 Å². The summed E-state index contributed by atoms with van der Waals surface area (Å²) >= 11 is 0. The molecule has 1 aromatic carbocycles. The van der Waals surface area contributed by atoms with Crippen molar-refractivity contribution in [3.05, 3.63) is 34.9 Å². The average molecular weight is 288 g/mol. The van der Waals surface area contributed by atoms with Gasteiger partial charge in [0.2, 0.25) is 0 Å². The summed E-state index contributed by atoms with van der Waals surface area (Å²) < 4.78 is 11.3. The van der Waals surface area contributed by atoms with Crippen LogP contribution in [0, 0.1) is 12.8 Å². The lowest BCUT2D eigenvalue weighted by atomic mass is 9.76. The van der Waals surface area contributed by atoms with Crippen LogP contribution in [0.5, 0.6) is 0 Å². The summed E-state index contributed by atoms with van der Waals surface area (Å²) in [6, 6.07) is 6.91. The number of aryl methyl sites for hydroxylation is 1. The van der Waals surface area contributed by atoms with Gasteiger partial charge in [-0.1, -0.05) is 50.8 Å². The highest BCUT2D eigenvalue weighted by molar-refractivity contribution is 5.34. The molecule has 2 unspecified atom stereocenters. The van der Waals surface area contributed by atoms with E-state index in [4.69, 9.17) is 9.47 Å². The topological polar surface area (TPSA) is 18.5 Å². The Labute approximate surface area is 128 Å². The van der Waals surface area contributed by atoms with Crippen molar-refractivity contribution in [1.82, 2.24) is 0 Å². The summed E-state index contributed by atoms with van der Waals surface area (Å²) in [5.74, 6) is 1.70. The molecular weight excluding hydrogens is 260 g/mol. The molecule has 1 aliphatic carbocycles. The molecule has 1 aliphatic heterocycles. The standard InChI is InChI=1S/C19H28O2/c1-3-5-15-6-4-7-16(13-15)17-8-9-18(14(2)12-17)19-20-10-11-21-19/h8-9,12,15-16,19H,3-7,10-11,13H2,1-2H3. The minimum Gasteiger partial charge on any atom is -0.346 e. The fraction of sp³-hybridized carbons (Fsp3) is 0.684. The molecule has 0 spiro atoms. The molecule has 1 heterocycles. The van der Waals surface area contributed by atoms with E-state index in [0.29, 0.717) is 13.2 Å². The Balaban J connectivity index is 1.72. The highest BCUT2D eigenvalue weighted by Crippen LogP contribution is 2.39. The van der Waals surface area contributed by atoms with Crippen LogP contribution in [0.3, 0.4) is 0 Å². The van der Waals surface area contributed by atoms with Gasteiger partial charge in [0, 0.05) is 5.56 Å². The highest BCUT2D eigenvalue weighted by Gasteiger charge is 2.24. The quantitative estimate of drug-likeness (QED) is 0.766. The number of ether oxygens (including phenoxy) is 2. The third-order valence-corrected chi connectivity index (χ3v) is 5.12. The van der Waals surface area contributed by atoms with Crippen LogP contribution < -0.4 is 0 Å². The van der Waals surface area contributed by atoms with Crippen LogP contribution in [-0.4, -0.2) is 13.2 Å². The van der Waals surface area contributed by atoms with Gasteiger partial charge in [-0.15, -0.1) is 0 Å². The van der Waals surface area contributed by atoms with Gasteiger partial charge in [0.1, 0.15) is 0 Å². The molecule has 2 fully saturated rings. The molecule has 116 valence electrons. The first kappa shape index (κ1) is 15.1. The first-order valence-corrected chi connectivity index (χ1v) is 8.61. The van der Waals surface area contributed by atoms with Crippen molar-refractivity contribution in [3.8, 4) is 0 Å². The SMILES string of the molecule is CCCC1CCCC(c2ccc(C3OCCO3)c(C)c2)C1. The molecule has 0 radical (unpaired) electrons. The zero-order chi connectivity index (χ0) is 14.7. The van der Waals surface area contributed by atoms with Crippen molar-refractivity contribution < 1.29 is 9.47 Å². The molecule has 0 bridgehead atoms. The first-order chi connectivity index (χ1) is 10.3. The lowest BCUT2D eigenvalue weighted by Gasteiger charge is -2.30. The minimum atomic E-state index is -0.141. The lowest BCUT2D eigenvalue weighted by Crippen LogP contribution is -2.14. The van der Waals surface area contributed by atoms with Gasteiger partial charge in [0.25, 0.3) is 0 Å². The zero-order valence-corrected chi connectivity index (χ0v) is 13.4. The maximum atomic E-state index is 5.63. The zero-order valence-electron chi connectivity index (χ0n) is 13.4. The third kappa shape index (κ3) is 3.49. The molecular formula is C19H28O2. The van der Waals surface area contributed by atoms with Gasteiger partial charge < -0.3 is 9.47 Å². The van der Waals surface area contributed by atoms with Crippen molar-refractivity contribution in [1.29, 1.82) is 0 Å². The molecule has 3 rings (SSSR count). The Bertz CT molecular complexity index is 461. The molecule has 2 nitrogen and oxygen atoms in total. The monoisotopic (exact) mass is 288 g/mol. The second-order valence-corrected chi connectivity index (χ2v) is 6.71. The van der Waals surface area contributed by atoms with Crippen LogP contribution in [0.1, 0.15) is 74.3 Å². The molecule has 1 saturated heterocycles. The Morgan fingerprint density at radius 2 is 1.95 bits per heavy atom. The molecule has 0 N–H and O–H groups in total. The van der Waals surface area contributed by atoms with E-state index in [9.17, 15) is 0 Å². The van der Waals surface area contributed by atoms with E-state index in [2.05, 4.69) is 32.0 Å². The van der Waals surface area contributed by atoms with E-state index in [1.54, 1.807) is 0 Å². The van der Waals surface area contributed by atoms with Crippen LogP contribution in [0.4, 0.5) is 0 Å². The number of hydrogen-bond donors (Lipinski definition) is 0. The Kier molecular flexibility index (Phi) is 4.97. The van der Waals surface area contributed by atoms with E-state index in [0.717, 1.165) is 11.8 Å². The van der Waals surface area contributed by atoms with Gasteiger partial charge in [-0.3, -0.25) is 0 Å². The fourth-order valence-corrected chi connectivity index (χ4v) is 4.02. The number of benzene rings is 1. The second-order valence-electron chi connectivity index (χ2n) is 6.71. The van der Waals surface area contributed by atoms with E-state index < -0.39 is 0 Å². The maximum absolute atomic E-state index is 5.63. The normalized spacial score (nSPS) is 27.1. The average Bonchev–Trinajstić information content (AvgIpc) is 3.02. The predicted octanol–water partition coefficient (Wildman–Crippen LogP) is 5.11. The summed E-state index contributed by atoms with van der Waals surface area (Å²) in [5, 5.41) is 0. The first-order valence-electron chi connectivity index (χ1n) is 8.61. The van der Waals surface area contributed by atoms with Crippen molar-refractivity contribution >= 4 is 0 Å². The van der Waals surface area contributed by atoms with Gasteiger partial charge in [-0.2, -0.15) is 0 Å². The highest BCUT2D eigenvalue weighted by atomic mass is 16.7. The molecule has 0 amide bonds. The Morgan fingerprint density at radius 3 is 2.67 bits per heavy atom. The maximum Gasteiger partial charge on any atom is 0.184 e. The summed E-state index contributed by atoms with van der Waals surface area (Å²) in [6.07, 6.45) is 8.15. The minimum absolute atomic E-state index is 0.141. The van der Waals surface area contributed by atoms with Crippen molar-refractivity contribution in [2.24, 2.45) is 5.92 Å². The molecule has 1 saturated carbocycles. The van der Waals surface area contributed by atoms with Gasteiger partial charge in [-0.25, -0.2) is 0 Å². The lowest BCUT2D eigenvalue weighted by molar-refractivity contribution is -0.0445. The van der Waals surface area contributed by atoms with Gasteiger partial charge in [0.05, 0.1) is 13.2 Å². The smallest absolute Gasteiger partial charge is 0.184 e. The second kappa shape index (κ2) is 6.93. The molecule has 2 atom stereocenters. The van der Waals surface area contributed by atoms with E-state index in [1.165, 1.54) is 55.2 Å². The summed E-state index contributed by atoms with van der Waals surface area (Å²) in [5.41, 5.74) is 4.05. The van der Waals surface area contributed by atoms with Crippen molar-refractivity contribution in [2.45, 2.75) is 64.6 Å². The van der Waals surface area contributed by atoms with E-state index in [-0.39, 0.29) is 6.29 Å². The van der Waals surface area contributed by atoms with E-state index >= 15 is 0 Å². The van der Waals surface area contributed by atoms with E-state index in [1.807, 2.05) is 0 Å². The fourth-order valence-electron chi connectivity index (χ4n) is 4.02. The Morgan fingerprint density at radius 1 is 1.14 bits per heavy atom. The van der Waals surface area contributed by atoms with Gasteiger partial charge >= 0.3 is 0 Å². The summed E-state index contributed by atoms with van der Waals surface area (Å²) in [7, 11) is 0. The summed E-state index contributed by atoms with van der Waals surface area (Å²) in [6.45, 7) is 5.93. The van der Waals surface area contributed by atoms with Crippen LogP contribution >= 0.6 is 0 Å². The summed E-state index contributed by atoms with van der Waals surface area (Å²) in [4.78, 5) is 0. The van der Waals surface area contributed by atoms with Gasteiger partial charge in [-0.05, 0) is 42.7 Å². The Hall–Kier alpha value is -0.860. The number of rotatable bonds is 4.